The van der Waals surface area contributed by atoms with Crippen LogP contribution in [0.25, 0.3) is 11.4 Å². The van der Waals surface area contributed by atoms with E-state index in [0.29, 0.717) is 43.0 Å². The van der Waals surface area contributed by atoms with Gasteiger partial charge in [-0.2, -0.15) is 4.98 Å². The van der Waals surface area contributed by atoms with Crippen molar-refractivity contribution >= 4 is 11.9 Å². The molecule has 2 aromatic heterocycles. The molecule has 1 aromatic carbocycles. The predicted molar refractivity (Wildman–Crippen MR) is 118 cm³/mol. The van der Waals surface area contributed by atoms with Crippen molar-refractivity contribution in [2.45, 2.75) is 51.5 Å². The van der Waals surface area contributed by atoms with Crippen molar-refractivity contribution in [1.29, 1.82) is 0 Å². The second kappa shape index (κ2) is 9.68. The number of piperidine rings is 1. The molecule has 0 saturated carbocycles. The Labute approximate surface area is 182 Å². The molecule has 1 amide bonds. The molecule has 0 bridgehead atoms. The monoisotopic (exact) mass is 420 g/mol. The number of hydrogen-bond donors (Lipinski definition) is 1. The van der Waals surface area contributed by atoms with Crippen LogP contribution in [0.4, 0.5) is 5.95 Å². The Morgan fingerprint density at radius 1 is 1.23 bits per heavy atom. The summed E-state index contributed by atoms with van der Waals surface area (Å²) < 4.78 is 5.35. The fraction of sp³-hybridized carbons (Fsp3) is 0.435. The van der Waals surface area contributed by atoms with E-state index in [2.05, 4.69) is 56.3 Å². The van der Waals surface area contributed by atoms with Crippen LogP contribution >= 0.6 is 0 Å². The van der Waals surface area contributed by atoms with Gasteiger partial charge in [0.25, 0.3) is 0 Å². The fourth-order valence-electron chi connectivity index (χ4n) is 3.74. The highest BCUT2D eigenvalue weighted by Crippen LogP contribution is 2.21. The second-order valence-electron chi connectivity index (χ2n) is 8.19. The van der Waals surface area contributed by atoms with Crippen LogP contribution in [0.1, 0.15) is 50.5 Å². The van der Waals surface area contributed by atoms with Crippen LogP contribution in [0.15, 0.2) is 47.2 Å². The maximum absolute atomic E-state index is 12.5. The van der Waals surface area contributed by atoms with Crippen molar-refractivity contribution in [3.63, 3.8) is 0 Å². The Morgan fingerprint density at radius 3 is 2.74 bits per heavy atom. The largest absolute Gasteiger partial charge is 0.352 e. The Hall–Kier alpha value is -3.29. The zero-order valence-electron chi connectivity index (χ0n) is 18.0. The van der Waals surface area contributed by atoms with Crippen LogP contribution in [0.2, 0.25) is 0 Å². The van der Waals surface area contributed by atoms with Gasteiger partial charge in [0.05, 0.1) is 0 Å². The minimum atomic E-state index is -0.0122. The molecular formula is C23H28N6O2. The second-order valence-corrected chi connectivity index (χ2v) is 8.19. The molecule has 162 valence electrons. The summed E-state index contributed by atoms with van der Waals surface area (Å²) >= 11 is 0. The van der Waals surface area contributed by atoms with Crippen molar-refractivity contribution in [3.05, 3.63) is 54.2 Å². The zero-order chi connectivity index (χ0) is 21.6. The van der Waals surface area contributed by atoms with E-state index in [9.17, 15) is 4.79 Å². The Balaban J connectivity index is 1.27. The van der Waals surface area contributed by atoms with Gasteiger partial charge in [-0.25, -0.2) is 9.97 Å². The number of aromatic nitrogens is 4. The van der Waals surface area contributed by atoms with Gasteiger partial charge in [0, 0.05) is 49.9 Å². The molecule has 0 aliphatic carbocycles. The Morgan fingerprint density at radius 2 is 2.00 bits per heavy atom. The quantitative estimate of drug-likeness (QED) is 0.626. The predicted octanol–water partition coefficient (Wildman–Crippen LogP) is 3.37. The molecular weight excluding hydrogens is 392 g/mol. The molecule has 1 saturated heterocycles. The number of rotatable bonds is 7. The van der Waals surface area contributed by atoms with Crippen LogP contribution in [0.5, 0.6) is 0 Å². The van der Waals surface area contributed by atoms with E-state index in [1.54, 1.807) is 18.5 Å². The van der Waals surface area contributed by atoms with Gasteiger partial charge in [-0.1, -0.05) is 43.3 Å². The average molecular weight is 421 g/mol. The van der Waals surface area contributed by atoms with Gasteiger partial charge in [-0.3, -0.25) is 4.79 Å². The van der Waals surface area contributed by atoms with Gasteiger partial charge in [0.2, 0.25) is 23.6 Å². The summed E-state index contributed by atoms with van der Waals surface area (Å²) in [4.78, 5) is 27.6. The van der Waals surface area contributed by atoms with Gasteiger partial charge >= 0.3 is 0 Å². The Bertz CT molecular complexity index is 987. The molecule has 1 N–H and O–H groups in total. The number of carbonyl (C=O) groups excluding carboxylic acids is 1. The van der Waals surface area contributed by atoms with Gasteiger partial charge < -0.3 is 14.7 Å². The summed E-state index contributed by atoms with van der Waals surface area (Å²) in [5.74, 6) is 2.20. The summed E-state index contributed by atoms with van der Waals surface area (Å²) in [7, 11) is 0. The van der Waals surface area contributed by atoms with Crippen molar-refractivity contribution in [2.24, 2.45) is 0 Å². The molecule has 31 heavy (non-hydrogen) atoms. The zero-order valence-corrected chi connectivity index (χ0v) is 18.0. The first-order valence-corrected chi connectivity index (χ1v) is 10.8. The lowest BCUT2D eigenvalue weighted by atomic mass is 10.0. The highest BCUT2D eigenvalue weighted by molar-refractivity contribution is 5.76. The third kappa shape index (κ3) is 5.45. The van der Waals surface area contributed by atoms with E-state index in [4.69, 9.17) is 4.52 Å². The molecule has 1 fully saturated rings. The molecule has 1 atom stereocenters. The summed E-state index contributed by atoms with van der Waals surface area (Å²) in [6.45, 7) is 5.94. The number of hydrogen-bond acceptors (Lipinski definition) is 7. The minimum Gasteiger partial charge on any atom is -0.352 e. The van der Waals surface area contributed by atoms with Gasteiger partial charge in [-0.15, -0.1) is 0 Å². The first-order valence-electron chi connectivity index (χ1n) is 10.8. The number of nitrogens with zero attached hydrogens (tertiary/aromatic N) is 5. The van der Waals surface area contributed by atoms with E-state index in [-0.39, 0.29) is 11.9 Å². The molecule has 3 aromatic rings. The third-order valence-corrected chi connectivity index (χ3v) is 5.49. The SMILES string of the molecule is CC(C)c1ccc(-c2noc(CCC(=O)NC3CCCN(c4ncccn4)C3)n2)cc1. The molecule has 8 nitrogen and oxygen atoms in total. The van der Waals surface area contributed by atoms with Crippen molar-refractivity contribution in [3.8, 4) is 11.4 Å². The normalized spacial score (nSPS) is 16.5. The number of benzene rings is 1. The van der Waals surface area contributed by atoms with Gasteiger partial charge in [0.15, 0.2) is 0 Å². The van der Waals surface area contributed by atoms with Crippen LogP contribution in [-0.2, 0) is 11.2 Å². The summed E-state index contributed by atoms with van der Waals surface area (Å²) in [6, 6.07) is 10.1. The van der Waals surface area contributed by atoms with Gasteiger partial charge in [0.1, 0.15) is 0 Å². The average Bonchev–Trinajstić information content (AvgIpc) is 3.28. The molecule has 4 rings (SSSR count). The maximum atomic E-state index is 12.5. The van der Waals surface area contributed by atoms with Gasteiger partial charge in [-0.05, 0) is 30.4 Å². The standard InChI is InChI=1S/C23H28N6O2/c1-16(2)17-6-8-18(9-7-17)22-27-21(31-28-22)11-10-20(30)26-19-5-3-14-29(15-19)23-24-12-4-13-25-23/h4,6-9,12-13,16,19H,3,5,10-11,14-15H2,1-2H3,(H,26,30). The lowest BCUT2D eigenvalue weighted by Gasteiger charge is -2.33. The first-order chi connectivity index (χ1) is 15.1. The number of nitrogens with one attached hydrogen (secondary N) is 1. The summed E-state index contributed by atoms with van der Waals surface area (Å²) in [5.41, 5.74) is 2.18. The number of aryl methyl sites for hydroxylation is 1. The number of carbonyl (C=O) groups is 1. The Kier molecular flexibility index (Phi) is 6.54. The minimum absolute atomic E-state index is 0.0122. The van der Waals surface area contributed by atoms with Crippen LogP contribution < -0.4 is 10.2 Å². The van der Waals surface area contributed by atoms with E-state index in [0.717, 1.165) is 24.9 Å². The maximum Gasteiger partial charge on any atom is 0.227 e. The lowest BCUT2D eigenvalue weighted by molar-refractivity contribution is -0.121. The van der Waals surface area contributed by atoms with E-state index in [1.807, 2.05) is 12.1 Å². The van der Waals surface area contributed by atoms with E-state index in [1.165, 1.54) is 5.56 Å². The summed E-state index contributed by atoms with van der Waals surface area (Å²) in [5, 5.41) is 7.18. The van der Waals surface area contributed by atoms with Crippen molar-refractivity contribution in [1.82, 2.24) is 25.4 Å². The van der Waals surface area contributed by atoms with Crippen LogP contribution in [0.3, 0.4) is 0 Å². The molecule has 3 heterocycles. The summed E-state index contributed by atoms with van der Waals surface area (Å²) in [6.07, 6.45) is 6.15. The number of amides is 1. The first kappa shape index (κ1) is 21.0. The highest BCUT2D eigenvalue weighted by atomic mass is 16.5. The molecule has 1 aliphatic heterocycles. The van der Waals surface area contributed by atoms with Crippen molar-refractivity contribution < 1.29 is 9.32 Å². The van der Waals surface area contributed by atoms with Crippen LogP contribution in [-0.4, -0.2) is 45.1 Å². The topological polar surface area (TPSA) is 97.0 Å². The number of anilines is 1. The smallest absolute Gasteiger partial charge is 0.227 e. The molecule has 0 radical (unpaired) electrons. The fourth-order valence-corrected chi connectivity index (χ4v) is 3.74. The lowest BCUT2D eigenvalue weighted by Crippen LogP contribution is -2.48. The van der Waals surface area contributed by atoms with E-state index < -0.39 is 0 Å². The molecule has 0 spiro atoms. The van der Waals surface area contributed by atoms with Crippen molar-refractivity contribution in [2.75, 3.05) is 18.0 Å². The molecule has 8 heteroatoms. The van der Waals surface area contributed by atoms with Crippen LogP contribution in [0, 0.1) is 0 Å². The highest BCUT2D eigenvalue weighted by Gasteiger charge is 2.23. The van der Waals surface area contributed by atoms with E-state index >= 15 is 0 Å². The molecule has 1 unspecified atom stereocenters. The molecule has 1 aliphatic rings. The third-order valence-electron chi connectivity index (χ3n) is 5.49.